The monoisotopic (exact) mass is 334 g/mol. The molecule has 1 aromatic heterocycles. The molecule has 1 aromatic carbocycles. The third-order valence-electron chi connectivity index (χ3n) is 4.84. The molecule has 23 heavy (non-hydrogen) atoms. The van der Waals surface area contributed by atoms with Crippen molar-refractivity contribution in [1.29, 1.82) is 0 Å². The number of nitrogens with zero attached hydrogens (tertiary/aromatic N) is 2. The standard InChI is InChI=1S/C19H27FN2S/c1-19(2,3)18-21-16-11-15(23-4)9-10-17(16)22(18)12-13-5-7-14(20)8-6-13/h9-11,13-14H,5-8,12H2,1-4H3. The third kappa shape index (κ3) is 3.57. The van der Waals surface area contributed by atoms with Crippen LogP contribution in [0.2, 0.25) is 0 Å². The fourth-order valence-electron chi connectivity index (χ4n) is 3.56. The second-order valence-electron chi connectivity index (χ2n) is 7.77. The molecule has 0 unspecified atom stereocenters. The summed E-state index contributed by atoms with van der Waals surface area (Å²) in [4.78, 5) is 6.20. The lowest BCUT2D eigenvalue weighted by Crippen LogP contribution is -2.24. The largest absolute Gasteiger partial charge is 0.327 e. The van der Waals surface area contributed by atoms with Gasteiger partial charge in [-0.3, -0.25) is 0 Å². The zero-order valence-electron chi connectivity index (χ0n) is 14.6. The van der Waals surface area contributed by atoms with Crippen molar-refractivity contribution in [2.45, 2.75) is 69.5 Å². The second kappa shape index (κ2) is 6.46. The zero-order valence-corrected chi connectivity index (χ0v) is 15.4. The van der Waals surface area contributed by atoms with Gasteiger partial charge in [0.05, 0.1) is 11.0 Å². The maximum atomic E-state index is 13.4. The Morgan fingerprint density at radius 2 is 1.91 bits per heavy atom. The lowest BCUT2D eigenvalue weighted by atomic mass is 9.87. The van der Waals surface area contributed by atoms with Gasteiger partial charge in [-0.25, -0.2) is 9.37 Å². The van der Waals surface area contributed by atoms with E-state index in [2.05, 4.69) is 49.8 Å². The smallest absolute Gasteiger partial charge is 0.115 e. The number of rotatable bonds is 3. The summed E-state index contributed by atoms with van der Waals surface area (Å²) in [6.45, 7) is 7.63. The molecule has 2 aromatic rings. The molecule has 0 radical (unpaired) electrons. The maximum absolute atomic E-state index is 13.4. The van der Waals surface area contributed by atoms with Gasteiger partial charge in [0.2, 0.25) is 0 Å². The number of aromatic nitrogens is 2. The molecule has 1 aliphatic carbocycles. The first-order valence-corrected chi connectivity index (χ1v) is 9.80. The summed E-state index contributed by atoms with van der Waals surface area (Å²) in [7, 11) is 0. The van der Waals surface area contributed by atoms with Crippen molar-refractivity contribution in [3.05, 3.63) is 24.0 Å². The SMILES string of the molecule is CSc1ccc2c(c1)nc(C(C)(C)C)n2CC1CCC(F)CC1. The van der Waals surface area contributed by atoms with Crippen molar-refractivity contribution in [1.82, 2.24) is 9.55 Å². The zero-order chi connectivity index (χ0) is 16.6. The van der Waals surface area contributed by atoms with Gasteiger partial charge in [0.15, 0.2) is 0 Å². The van der Waals surface area contributed by atoms with E-state index in [-0.39, 0.29) is 5.41 Å². The first-order valence-electron chi connectivity index (χ1n) is 8.57. The molecular formula is C19H27FN2S. The summed E-state index contributed by atoms with van der Waals surface area (Å²) in [5.41, 5.74) is 2.31. The van der Waals surface area contributed by atoms with E-state index in [9.17, 15) is 4.39 Å². The van der Waals surface area contributed by atoms with Gasteiger partial charge in [0.1, 0.15) is 12.0 Å². The number of hydrogen-bond donors (Lipinski definition) is 0. The van der Waals surface area contributed by atoms with Crippen LogP contribution in [0.15, 0.2) is 23.1 Å². The topological polar surface area (TPSA) is 17.8 Å². The molecule has 0 N–H and O–H groups in total. The van der Waals surface area contributed by atoms with Crippen LogP contribution in [0.25, 0.3) is 11.0 Å². The summed E-state index contributed by atoms with van der Waals surface area (Å²) < 4.78 is 15.8. The minimum Gasteiger partial charge on any atom is -0.327 e. The van der Waals surface area contributed by atoms with Gasteiger partial charge in [-0.15, -0.1) is 11.8 Å². The molecule has 0 atom stereocenters. The fourth-order valence-corrected chi connectivity index (χ4v) is 3.99. The normalized spacial score (nSPS) is 22.7. The van der Waals surface area contributed by atoms with E-state index < -0.39 is 6.17 Å². The van der Waals surface area contributed by atoms with E-state index in [1.807, 2.05) is 0 Å². The van der Waals surface area contributed by atoms with Crippen LogP contribution < -0.4 is 0 Å². The van der Waals surface area contributed by atoms with E-state index in [0.29, 0.717) is 5.92 Å². The molecule has 0 spiro atoms. The van der Waals surface area contributed by atoms with Crippen molar-refractivity contribution in [3.63, 3.8) is 0 Å². The van der Waals surface area contributed by atoms with Crippen LogP contribution in [0.1, 0.15) is 52.3 Å². The van der Waals surface area contributed by atoms with Gasteiger partial charge < -0.3 is 4.57 Å². The number of benzene rings is 1. The average Bonchev–Trinajstić information content (AvgIpc) is 2.87. The fraction of sp³-hybridized carbons (Fsp3) is 0.632. The van der Waals surface area contributed by atoms with Crippen LogP contribution in [-0.4, -0.2) is 22.0 Å². The highest BCUT2D eigenvalue weighted by molar-refractivity contribution is 7.98. The van der Waals surface area contributed by atoms with Crippen molar-refractivity contribution >= 4 is 22.8 Å². The van der Waals surface area contributed by atoms with Crippen LogP contribution in [0.5, 0.6) is 0 Å². The molecule has 3 rings (SSSR count). The molecular weight excluding hydrogens is 307 g/mol. The highest BCUT2D eigenvalue weighted by Gasteiger charge is 2.26. The van der Waals surface area contributed by atoms with Gasteiger partial charge in [-0.05, 0) is 56.1 Å². The number of hydrogen-bond acceptors (Lipinski definition) is 2. The molecule has 126 valence electrons. The highest BCUT2D eigenvalue weighted by atomic mass is 32.2. The average molecular weight is 335 g/mol. The number of fused-ring (bicyclic) bond motifs is 1. The molecule has 1 heterocycles. The maximum Gasteiger partial charge on any atom is 0.115 e. The molecule has 2 nitrogen and oxygen atoms in total. The van der Waals surface area contributed by atoms with E-state index in [0.717, 1.165) is 43.6 Å². The Bertz CT molecular complexity index is 678. The van der Waals surface area contributed by atoms with E-state index >= 15 is 0 Å². The molecule has 1 aliphatic rings. The summed E-state index contributed by atoms with van der Waals surface area (Å²) in [6, 6.07) is 6.56. The highest BCUT2D eigenvalue weighted by Crippen LogP contribution is 2.33. The number of imidazole rings is 1. The summed E-state index contributed by atoms with van der Waals surface area (Å²) in [5.74, 6) is 1.72. The molecule has 4 heteroatoms. The Balaban J connectivity index is 1.99. The van der Waals surface area contributed by atoms with Gasteiger partial charge >= 0.3 is 0 Å². The van der Waals surface area contributed by atoms with Crippen LogP contribution in [0.3, 0.4) is 0 Å². The molecule has 0 aliphatic heterocycles. The Morgan fingerprint density at radius 1 is 1.22 bits per heavy atom. The third-order valence-corrected chi connectivity index (χ3v) is 5.57. The Labute approximate surface area is 142 Å². The first kappa shape index (κ1) is 16.8. The van der Waals surface area contributed by atoms with Crippen molar-refractivity contribution in [3.8, 4) is 0 Å². The van der Waals surface area contributed by atoms with Gasteiger partial charge in [0, 0.05) is 16.9 Å². The summed E-state index contributed by atoms with van der Waals surface area (Å²) in [6.07, 6.45) is 4.94. The van der Waals surface area contributed by atoms with Crippen LogP contribution in [0.4, 0.5) is 4.39 Å². The van der Waals surface area contributed by atoms with Crippen molar-refractivity contribution in [2.75, 3.05) is 6.26 Å². The molecule has 1 saturated carbocycles. The van der Waals surface area contributed by atoms with Gasteiger partial charge in [0.25, 0.3) is 0 Å². The molecule has 0 bridgehead atoms. The van der Waals surface area contributed by atoms with Gasteiger partial charge in [-0.1, -0.05) is 20.8 Å². The molecule has 1 fully saturated rings. The summed E-state index contributed by atoms with van der Waals surface area (Å²) >= 11 is 1.75. The number of alkyl halides is 1. The van der Waals surface area contributed by atoms with Gasteiger partial charge in [-0.2, -0.15) is 0 Å². The van der Waals surface area contributed by atoms with Crippen LogP contribution >= 0.6 is 11.8 Å². The Hall–Kier alpha value is -1.03. The van der Waals surface area contributed by atoms with Crippen LogP contribution in [0, 0.1) is 5.92 Å². The van der Waals surface area contributed by atoms with Crippen LogP contribution in [-0.2, 0) is 12.0 Å². The van der Waals surface area contributed by atoms with Crippen molar-refractivity contribution in [2.24, 2.45) is 5.92 Å². The van der Waals surface area contributed by atoms with E-state index in [4.69, 9.17) is 4.98 Å². The lowest BCUT2D eigenvalue weighted by Gasteiger charge is -2.27. The Kier molecular flexibility index (Phi) is 4.73. The minimum absolute atomic E-state index is 0.00975. The lowest BCUT2D eigenvalue weighted by molar-refractivity contribution is 0.194. The predicted molar refractivity (Wildman–Crippen MR) is 97.1 cm³/mol. The predicted octanol–water partition coefficient (Wildman–Crippen LogP) is 5.58. The molecule has 0 amide bonds. The second-order valence-corrected chi connectivity index (χ2v) is 8.65. The van der Waals surface area contributed by atoms with E-state index in [1.54, 1.807) is 11.8 Å². The molecule has 0 saturated heterocycles. The summed E-state index contributed by atoms with van der Waals surface area (Å²) in [5, 5.41) is 0. The van der Waals surface area contributed by atoms with E-state index in [1.165, 1.54) is 10.4 Å². The minimum atomic E-state index is -0.586. The quantitative estimate of drug-likeness (QED) is 0.682. The number of halogens is 1. The Morgan fingerprint density at radius 3 is 2.52 bits per heavy atom. The number of thioether (sulfide) groups is 1. The first-order chi connectivity index (χ1) is 10.9. The van der Waals surface area contributed by atoms with Crippen molar-refractivity contribution < 1.29 is 4.39 Å².